The first-order chi connectivity index (χ1) is 15.7. The van der Waals surface area contributed by atoms with E-state index in [4.69, 9.17) is 0 Å². The van der Waals surface area contributed by atoms with E-state index >= 15 is 0 Å². The fourth-order valence-electron chi connectivity index (χ4n) is 4.22. The maximum Gasteiger partial charge on any atom is 0.255 e. The van der Waals surface area contributed by atoms with Crippen LogP contribution in [0.2, 0.25) is 0 Å². The maximum absolute atomic E-state index is 13.9. The summed E-state index contributed by atoms with van der Waals surface area (Å²) in [6, 6.07) is 19.0. The van der Waals surface area contributed by atoms with Gasteiger partial charge in [0.1, 0.15) is 12.6 Å². The molecule has 0 saturated carbocycles. The Balaban J connectivity index is 1.82. The van der Waals surface area contributed by atoms with Crippen LogP contribution in [0.15, 0.2) is 60.7 Å². The van der Waals surface area contributed by atoms with Gasteiger partial charge in [0.05, 0.1) is 0 Å². The highest BCUT2D eigenvalue weighted by molar-refractivity contribution is 6.14. The van der Waals surface area contributed by atoms with Gasteiger partial charge in [0, 0.05) is 31.2 Å². The van der Waals surface area contributed by atoms with Crippen molar-refractivity contribution in [2.24, 2.45) is 0 Å². The molecule has 1 aliphatic heterocycles. The molecule has 1 aliphatic rings. The Hall–Kier alpha value is -3.60. The fraction of sp³-hybridized carbons (Fsp3) is 0.286. The Morgan fingerprint density at radius 2 is 1.27 bits per heavy atom. The Labute approximate surface area is 196 Å². The number of hydrogen-bond donors (Lipinski definition) is 0. The smallest absolute Gasteiger partial charge is 0.255 e. The highest BCUT2D eigenvalue weighted by Crippen LogP contribution is 2.36. The van der Waals surface area contributed by atoms with E-state index in [0.717, 1.165) is 44.9 Å². The summed E-state index contributed by atoms with van der Waals surface area (Å²) in [6.45, 7) is 8.14. The fourth-order valence-corrected chi connectivity index (χ4v) is 4.22. The molecule has 0 radical (unpaired) electrons. The molecule has 1 heterocycles. The standard InChI is InChI=1S/C28H31N3O2/c1-18-7-11-24(15-20(18)3)30-17-26(32)31(25-12-8-19(2)21(4)16-25)27(28(30)33)22-9-13-23(14-10-22)29(5)6/h7-16,27H,17H2,1-6H3. The molecule has 0 bridgehead atoms. The van der Waals surface area contributed by atoms with Crippen molar-refractivity contribution in [1.29, 1.82) is 0 Å². The van der Waals surface area contributed by atoms with Crippen molar-refractivity contribution in [3.05, 3.63) is 88.5 Å². The van der Waals surface area contributed by atoms with Crippen LogP contribution in [-0.2, 0) is 9.59 Å². The van der Waals surface area contributed by atoms with Crippen molar-refractivity contribution in [1.82, 2.24) is 0 Å². The van der Waals surface area contributed by atoms with Gasteiger partial charge >= 0.3 is 0 Å². The van der Waals surface area contributed by atoms with Gasteiger partial charge in [-0.05, 0) is 91.9 Å². The minimum Gasteiger partial charge on any atom is -0.378 e. The van der Waals surface area contributed by atoms with Crippen LogP contribution < -0.4 is 14.7 Å². The quantitative estimate of drug-likeness (QED) is 0.565. The minimum absolute atomic E-state index is 0.0144. The molecule has 3 aromatic rings. The average molecular weight is 442 g/mol. The van der Waals surface area contributed by atoms with Gasteiger partial charge in [0.25, 0.3) is 5.91 Å². The van der Waals surface area contributed by atoms with Gasteiger partial charge in [0.2, 0.25) is 5.91 Å². The zero-order valence-electron chi connectivity index (χ0n) is 20.2. The number of anilines is 3. The molecule has 1 fully saturated rings. The predicted molar refractivity (Wildman–Crippen MR) is 135 cm³/mol. The molecule has 3 aromatic carbocycles. The molecule has 1 saturated heterocycles. The van der Waals surface area contributed by atoms with Crippen LogP contribution in [0, 0.1) is 27.7 Å². The van der Waals surface area contributed by atoms with Crippen molar-refractivity contribution in [2.45, 2.75) is 33.7 Å². The molecule has 2 amide bonds. The predicted octanol–water partition coefficient (Wildman–Crippen LogP) is 5.11. The summed E-state index contributed by atoms with van der Waals surface area (Å²) in [6.07, 6.45) is 0. The third-order valence-electron chi connectivity index (χ3n) is 6.62. The molecule has 1 unspecified atom stereocenters. The second-order valence-corrected chi connectivity index (χ2v) is 9.11. The second-order valence-electron chi connectivity index (χ2n) is 9.11. The van der Waals surface area contributed by atoms with Gasteiger partial charge < -0.3 is 9.80 Å². The first kappa shape index (κ1) is 22.6. The van der Waals surface area contributed by atoms with Crippen molar-refractivity contribution in [3.63, 3.8) is 0 Å². The third kappa shape index (κ3) is 4.23. The summed E-state index contributed by atoms with van der Waals surface area (Å²) in [5.74, 6) is -0.202. The van der Waals surface area contributed by atoms with Crippen LogP contribution in [-0.4, -0.2) is 32.5 Å². The lowest BCUT2D eigenvalue weighted by Crippen LogP contribution is -2.56. The van der Waals surface area contributed by atoms with Crippen LogP contribution in [0.3, 0.4) is 0 Å². The zero-order chi connectivity index (χ0) is 23.9. The molecule has 5 nitrogen and oxygen atoms in total. The average Bonchev–Trinajstić information content (AvgIpc) is 2.79. The highest BCUT2D eigenvalue weighted by atomic mass is 16.2. The maximum atomic E-state index is 13.9. The minimum atomic E-state index is -0.730. The van der Waals surface area contributed by atoms with Gasteiger partial charge in [-0.2, -0.15) is 0 Å². The summed E-state index contributed by atoms with van der Waals surface area (Å²) in [4.78, 5) is 32.8. The van der Waals surface area contributed by atoms with Gasteiger partial charge in [-0.3, -0.25) is 14.5 Å². The van der Waals surface area contributed by atoms with Gasteiger partial charge in [-0.25, -0.2) is 0 Å². The molecule has 5 heteroatoms. The van der Waals surface area contributed by atoms with E-state index in [1.807, 2.05) is 107 Å². The summed E-state index contributed by atoms with van der Waals surface area (Å²) in [7, 11) is 3.96. The van der Waals surface area contributed by atoms with Gasteiger partial charge in [-0.15, -0.1) is 0 Å². The SMILES string of the molecule is Cc1ccc(N2CC(=O)N(c3ccc(C)c(C)c3)C(c3ccc(N(C)C)cc3)C2=O)cc1C. The summed E-state index contributed by atoms with van der Waals surface area (Å²) >= 11 is 0. The number of carbonyl (C=O) groups is 2. The van der Waals surface area contributed by atoms with Crippen molar-refractivity contribution in [2.75, 3.05) is 35.3 Å². The molecule has 0 aliphatic carbocycles. The first-order valence-corrected chi connectivity index (χ1v) is 11.2. The Bertz CT molecular complexity index is 1210. The topological polar surface area (TPSA) is 43.9 Å². The summed E-state index contributed by atoms with van der Waals surface area (Å²) in [5, 5.41) is 0. The van der Waals surface area contributed by atoms with Crippen LogP contribution in [0.4, 0.5) is 17.1 Å². The molecule has 33 heavy (non-hydrogen) atoms. The van der Waals surface area contributed by atoms with Gasteiger partial charge in [-0.1, -0.05) is 24.3 Å². The zero-order valence-corrected chi connectivity index (χ0v) is 20.2. The number of hydrogen-bond acceptors (Lipinski definition) is 3. The normalized spacial score (nSPS) is 16.4. The summed E-state index contributed by atoms with van der Waals surface area (Å²) < 4.78 is 0. The molecule has 0 N–H and O–H groups in total. The number of rotatable bonds is 4. The van der Waals surface area contributed by atoms with E-state index in [2.05, 4.69) is 0 Å². The second kappa shape index (κ2) is 8.74. The molecule has 0 spiro atoms. The number of piperazine rings is 1. The number of carbonyl (C=O) groups excluding carboxylic acids is 2. The lowest BCUT2D eigenvalue weighted by atomic mass is 9.97. The van der Waals surface area contributed by atoms with Crippen LogP contribution >= 0.6 is 0 Å². The van der Waals surface area contributed by atoms with Crippen molar-refractivity contribution >= 4 is 28.9 Å². The summed E-state index contributed by atoms with van der Waals surface area (Å²) in [5.41, 5.74) is 7.83. The molecule has 4 rings (SSSR count). The Kier molecular flexibility index (Phi) is 5.98. The highest BCUT2D eigenvalue weighted by Gasteiger charge is 2.42. The lowest BCUT2D eigenvalue weighted by molar-refractivity contribution is -0.128. The van der Waals surface area contributed by atoms with E-state index in [0.29, 0.717) is 0 Å². The monoisotopic (exact) mass is 441 g/mol. The Morgan fingerprint density at radius 1 is 0.727 bits per heavy atom. The van der Waals surface area contributed by atoms with Crippen LogP contribution in [0.25, 0.3) is 0 Å². The molecule has 170 valence electrons. The van der Waals surface area contributed by atoms with E-state index in [9.17, 15) is 9.59 Å². The van der Waals surface area contributed by atoms with E-state index < -0.39 is 6.04 Å². The number of nitrogens with zero attached hydrogens (tertiary/aromatic N) is 3. The number of amides is 2. The number of benzene rings is 3. The largest absolute Gasteiger partial charge is 0.378 e. The molecule has 0 aromatic heterocycles. The van der Waals surface area contributed by atoms with Crippen LogP contribution in [0.1, 0.15) is 33.9 Å². The van der Waals surface area contributed by atoms with Crippen molar-refractivity contribution in [3.8, 4) is 0 Å². The van der Waals surface area contributed by atoms with E-state index in [-0.39, 0.29) is 18.4 Å². The van der Waals surface area contributed by atoms with Crippen LogP contribution in [0.5, 0.6) is 0 Å². The molecular formula is C28H31N3O2. The molecule has 1 atom stereocenters. The van der Waals surface area contributed by atoms with Gasteiger partial charge in [0.15, 0.2) is 0 Å². The van der Waals surface area contributed by atoms with E-state index in [1.165, 1.54) is 0 Å². The van der Waals surface area contributed by atoms with E-state index in [1.54, 1.807) is 9.80 Å². The first-order valence-electron chi connectivity index (χ1n) is 11.2. The molecular weight excluding hydrogens is 410 g/mol. The van der Waals surface area contributed by atoms with Crippen molar-refractivity contribution < 1.29 is 9.59 Å². The number of aryl methyl sites for hydroxylation is 4. The third-order valence-corrected chi connectivity index (χ3v) is 6.62. The Morgan fingerprint density at radius 3 is 1.82 bits per heavy atom. The lowest BCUT2D eigenvalue weighted by Gasteiger charge is -2.41.